The molecule has 1 N–H and O–H groups in total. The molecule has 3 nitrogen and oxygen atoms in total. The van der Waals surface area contributed by atoms with Gasteiger partial charge in [-0.25, -0.2) is 4.39 Å². The van der Waals surface area contributed by atoms with Crippen molar-refractivity contribution in [2.75, 3.05) is 26.7 Å². The van der Waals surface area contributed by atoms with E-state index in [0.29, 0.717) is 17.7 Å². The number of rotatable bonds is 4. The molecule has 2 atom stereocenters. The normalized spacial score (nSPS) is 24.3. The standard InChI is InChI=1S/C15H22ClFN2O/c1-10(2)18-9-14-15(19(3)4-5-20-14)11-6-12(16)8-13(17)7-11/h6-8,10,14-15,18H,4-5,9H2,1-3H3. The zero-order chi connectivity index (χ0) is 14.7. The predicted octanol–water partition coefficient (Wildman–Crippen LogP) is 2.85. The van der Waals surface area contributed by atoms with Gasteiger partial charge in [-0.3, -0.25) is 4.90 Å². The van der Waals surface area contributed by atoms with Crippen LogP contribution in [0.4, 0.5) is 4.39 Å². The maximum atomic E-state index is 13.6. The summed E-state index contributed by atoms with van der Waals surface area (Å²) in [5.74, 6) is -0.304. The Kier molecular flexibility index (Phi) is 5.38. The summed E-state index contributed by atoms with van der Waals surface area (Å²) in [6.45, 7) is 6.46. The van der Waals surface area contributed by atoms with Gasteiger partial charge in [0.15, 0.2) is 0 Å². The SMILES string of the molecule is CC(C)NCC1OCCN(C)C1c1cc(F)cc(Cl)c1. The maximum Gasteiger partial charge on any atom is 0.125 e. The predicted molar refractivity (Wildman–Crippen MR) is 79.7 cm³/mol. The van der Waals surface area contributed by atoms with E-state index >= 15 is 0 Å². The fourth-order valence-electron chi connectivity index (χ4n) is 2.60. The van der Waals surface area contributed by atoms with Gasteiger partial charge in [0.2, 0.25) is 0 Å². The highest BCUT2D eigenvalue weighted by molar-refractivity contribution is 6.30. The number of morpholine rings is 1. The van der Waals surface area contributed by atoms with Gasteiger partial charge >= 0.3 is 0 Å². The monoisotopic (exact) mass is 300 g/mol. The van der Waals surface area contributed by atoms with Crippen LogP contribution in [0.25, 0.3) is 0 Å². The molecule has 1 aromatic rings. The number of nitrogens with one attached hydrogen (secondary N) is 1. The number of benzene rings is 1. The van der Waals surface area contributed by atoms with Crippen LogP contribution < -0.4 is 5.32 Å². The molecular weight excluding hydrogens is 279 g/mol. The smallest absolute Gasteiger partial charge is 0.125 e. The number of ether oxygens (including phenoxy) is 1. The molecule has 112 valence electrons. The fraction of sp³-hybridized carbons (Fsp3) is 0.600. The maximum absolute atomic E-state index is 13.6. The van der Waals surface area contributed by atoms with Crippen LogP contribution in [0.15, 0.2) is 18.2 Å². The van der Waals surface area contributed by atoms with Gasteiger partial charge in [0.25, 0.3) is 0 Å². The lowest BCUT2D eigenvalue weighted by Crippen LogP contribution is -2.48. The quantitative estimate of drug-likeness (QED) is 0.925. The summed E-state index contributed by atoms with van der Waals surface area (Å²) in [6.07, 6.45) is -0.00554. The minimum absolute atomic E-state index is 0.00554. The largest absolute Gasteiger partial charge is 0.374 e. The van der Waals surface area contributed by atoms with E-state index in [9.17, 15) is 4.39 Å². The highest BCUT2D eigenvalue weighted by Gasteiger charge is 2.31. The fourth-order valence-corrected chi connectivity index (χ4v) is 2.83. The zero-order valence-electron chi connectivity index (χ0n) is 12.2. The molecule has 0 aliphatic carbocycles. The first-order valence-electron chi connectivity index (χ1n) is 6.98. The van der Waals surface area contributed by atoms with Crippen LogP contribution >= 0.6 is 11.6 Å². The Balaban J connectivity index is 2.22. The zero-order valence-corrected chi connectivity index (χ0v) is 13.0. The first-order chi connectivity index (χ1) is 9.47. The summed E-state index contributed by atoms with van der Waals surface area (Å²) in [6, 6.07) is 5.11. The Morgan fingerprint density at radius 3 is 2.85 bits per heavy atom. The van der Waals surface area contributed by atoms with Crippen LogP contribution in [0.3, 0.4) is 0 Å². The molecular formula is C15H22ClFN2O. The van der Waals surface area contributed by atoms with Gasteiger partial charge in [-0.1, -0.05) is 25.4 Å². The molecule has 1 aromatic carbocycles. The summed E-state index contributed by atoms with van der Waals surface area (Å²) in [5.41, 5.74) is 0.868. The lowest BCUT2D eigenvalue weighted by Gasteiger charge is -2.40. The van der Waals surface area contributed by atoms with Gasteiger partial charge in [-0.2, -0.15) is 0 Å². The Hall–Kier alpha value is -0.680. The van der Waals surface area contributed by atoms with Gasteiger partial charge in [0.05, 0.1) is 18.8 Å². The minimum atomic E-state index is -0.304. The Labute approximate surface area is 125 Å². The first-order valence-corrected chi connectivity index (χ1v) is 7.36. The molecule has 0 radical (unpaired) electrons. The molecule has 0 aromatic heterocycles. The Morgan fingerprint density at radius 2 is 2.20 bits per heavy atom. The second-order valence-electron chi connectivity index (χ2n) is 5.60. The Bertz CT molecular complexity index is 435. The van der Waals surface area contributed by atoms with Crippen molar-refractivity contribution in [2.45, 2.75) is 32.0 Å². The second kappa shape index (κ2) is 6.85. The number of hydrogen-bond donors (Lipinski definition) is 1. The van der Waals surface area contributed by atoms with Crippen LogP contribution in [0.5, 0.6) is 0 Å². The number of likely N-dealkylation sites (N-methyl/N-ethyl adjacent to an activating group) is 1. The van der Waals surface area contributed by atoms with Crippen LogP contribution in [0, 0.1) is 5.82 Å². The average Bonchev–Trinajstić information content (AvgIpc) is 2.35. The van der Waals surface area contributed by atoms with Crippen LogP contribution in [-0.2, 0) is 4.74 Å². The molecule has 1 fully saturated rings. The van der Waals surface area contributed by atoms with Crippen LogP contribution in [0.1, 0.15) is 25.5 Å². The van der Waals surface area contributed by atoms with Gasteiger partial charge < -0.3 is 10.1 Å². The molecule has 1 aliphatic rings. The number of halogens is 2. The molecule has 2 rings (SSSR count). The summed E-state index contributed by atoms with van der Waals surface area (Å²) in [5, 5.41) is 3.81. The lowest BCUT2D eigenvalue weighted by molar-refractivity contribution is -0.0620. The van der Waals surface area contributed by atoms with Gasteiger partial charge in [0, 0.05) is 24.2 Å². The van der Waals surface area contributed by atoms with Crippen LogP contribution in [0.2, 0.25) is 5.02 Å². The van der Waals surface area contributed by atoms with Crippen molar-refractivity contribution in [2.24, 2.45) is 0 Å². The molecule has 0 bridgehead atoms. The topological polar surface area (TPSA) is 24.5 Å². The van der Waals surface area contributed by atoms with Crippen molar-refractivity contribution < 1.29 is 9.13 Å². The first kappa shape index (κ1) is 15.7. The van der Waals surface area contributed by atoms with E-state index in [-0.39, 0.29) is 18.0 Å². The van der Waals surface area contributed by atoms with Crippen molar-refractivity contribution in [1.82, 2.24) is 10.2 Å². The molecule has 5 heteroatoms. The van der Waals surface area contributed by atoms with E-state index in [1.165, 1.54) is 6.07 Å². The highest BCUT2D eigenvalue weighted by Crippen LogP contribution is 2.30. The summed E-state index contributed by atoms with van der Waals surface area (Å²) >= 11 is 5.98. The summed E-state index contributed by atoms with van der Waals surface area (Å²) < 4.78 is 19.5. The van der Waals surface area contributed by atoms with E-state index in [1.807, 2.05) is 13.1 Å². The third-order valence-electron chi connectivity index (χ3n) is 3.56. The third kappa shape index (κ3) is 3.92. The van der Waals surface area contributed by atoms with Gasteiger partial charge in [-0.15, -0.1) is 0 Å². The molecule has 1 saturated heterocycles. The van der Waals surface area contributed by atoms with E-state index in [0.717, 1.165) is 18.7 Å². The van der Waals surface area contributed by atoms with Crippen molar-refractivity contribution >= 4 is 11.6 Å². The van der Waals surface area contributed by atoms with E-state index < -0.39 is 0 Å². The van der Waals surface area contributed by atoms with E-state index in [1.54, 1.807) is 6.07 Å². The summed E-state index contributed by atoms with van der Waals surface area (Å²) in [4.78, 5) is 2.20. The average molecular weight is 301 g/mol. The molecule has 0 saturated carbocycles. The van der Waals surface area contributed by atoms with Crippen molar-refractivity contribution in [1.29, 1.82) is 0 Å². The summed E-state index contributed by atoms with van der Waals surface area (Å²) in [7, 11) is 2.04. The van der Waals surface area contributed by atoms with Gasteiger partial charge in [0.1, 0.15) is 5.82 Å². The Morgan fingerprint density at radius 1 is 1.45 bits per heavy atom. The third-order valence-corrected chi connectivity index (χ3v) is 3.77. The molecule has 2 unspecified atom stereocenters. The van der Waals surface area contributed by atoms with Crippen molar-refractivity contribution in [3.05, 3.63) is 34.6 Å². The molecule has 20 heavy (non-hydrogen) atoms. The van der Waals surface area contributed by atoms with E-state index in [4.69, 9.17) is 16.3 Å². The van der Waals surface area contributed by atoms with Crippen LogP contribution in [-0.4, -0.2) is 43.8 Å². The highest BCUT2D eigenvalue weighted by atomic mass is 35.5. The number of nitrogens with zero attached hydrogens (tertiary/aromatic N) is 1. The minimum Gasteiger partial charge on any atom is -0.374 e. The van der Waals surface area contributed by atoms with Gasteiger partial charge in [-0.05, 0) is 30.8 Å². The second-order valence-corrected chi connectivity index (χ2v) is 6.04. The molecule has 1 aliphatic heterocycles. The molecule has 1 heterocycles. The molecule has 0 spiro atoms. The number of hydrogen-bond acceptors (Lipinski definition) is 3. The molecule has 0 amide bonds. The lowest BCUT2D eigenvalue weighted by atomic mass is 9.98. The van der Waals surface area contributed by atoms with Crippen molar-refractivity contribution in [3.63, 3.8) is 0 Å². The van der Waals surface area contributed by atoms with E-state index in [2.05, 4.69) is 24.1 Å². The van der Waals surface area contributed by atoms with Crippen molar-refractivity contribution in [3.8, 4) is 0 Å².